The van der Waals surface area contributed by atoms with Crippen molar-refractivity contribution in [3.8, 4) is 0 Å². The monoisotopic (exact) mass is 221 g/mol. The van der Waals surface area contributed by atoms with Crippen LogP contribution in [0.15, 0.2) is 22.8 Å². The van der Waals surface area contributed by atoms with Gasteiger partial charge in [0, 0.05) is 25.4 Å². The van der Waals surface area contributed by atoms with Crippen molar-refractivity contribution in [2.75, 3.05) is 6.54 Å². The quantitative estimate of drug-likeness (QED) is 0.786. The highest BCUT2D eigenvalue weighted by Crippen LogP contribution is 2.18. The summed E-state index contributed by atoms with van der Waals surface area (Å²) in [6, 6.07) is 4.20. The van der Waals surface area contributed by atoms with Crippen LogP contribution in [-0.4, -0.2) is 23.4 Å². The van der Waals surface area contributed by atoms with Gasteiger partial charge >= 0.3 is 0 Å². The number of amides is 1. The van der Waals surface area contributed by atoms with Crippen LogP contribution in [0.3, 0.4) is 0 Å². The van der Waals surface area contributed by atoms with E-state index in [1.54, 1.807) is 6.26 Å². The smallest absolute Gasteiger partial charge is 0.223 e. The average Bonchev–Trinajstić information content (AvgIpc) is 2.79. The van der Waals surface area contributed by atoms with Crippen molar-refractivity contribution in [1.82, 2.24) is 4.90 Å². The molecule has 0 saturated carbocycles. The van der Waals surface area contributed by atoms with Gasteiger partial charge in [-0.15, -0.1) is 0 Å². The first-order chi connectivity index (χ1) is 7.77. The molecular formula is C13H19NO2. The molecule has 1 atom stereocenters. The minimum atomic E-state index is 0.267. The average molecular weight is 221 g/mol. The molecular weight excluding hydrogens is 202 g/mol. The van der Waals surface area contributed by atoms with Crippen molar-refractivity contribution in [3.05, 3.63) is 24.2 Å². The molecule has 0 bridgehead atoms. The van der Waals surface area contributed by atoms with Gasteiger partial charge in [0.15, 0.2) is 0 Å². The summed E-state index contributed by atoms with van der Waals surface area (Å²) >= 11 is 0. The Balaban J connectivity index is 1.83. The first kappa shape index (κ1) is 11.2. The van der Waals surface area contributed by atoms with Gasteiger partial charge in [-0.3, -0.25) is 4.79 Å². The van der Waals surface area contributed by atoms with Crippen LogP contribution in [0.4, 0.5) is 0 Å². The Hall–Kier alpha value is -1.25. The third-order valence-corrected chi connectivity index (χ3v) is 3.29. The highest BCUT2D eigenvalue weighted by atomic mass is 16.3. The Kier molecular flexibility index (Phi) is 3.65. The topological polar surface area (TPSA) is 33.5 Å². The molecule has 1 aliphatic heterocycles. The SMILES string of the molecule is CC1CCCCN1C(=O)CCc1ccco1. The van der Waals surface area contributed by atoms with E-state index in [4.69, 9.17) is 4.42 Å². The van der Waals surface area contributed by atoms with Crippen molar-refractivity contribution in [2.24, 2.45) is 0 Å². The van der Waals surface area contributed by atoms with Crippen LogP contribution in [0.1, 0.15) is 38.4 Å². The van der Waals surface area contributed by atoms with E-state index in [9.17, 15) is 4.79 Å². The molecule has 0 N–H and O–H groups in total. The highest BCUT2D eigenvalue weighted by Gasteiger charge is 2.22. The summed E-state index contributed by atoms with van der Waals surface area (Å²) < 4.78 is 5.23. The summed E-state index contributed by atoms with van der Waals surface area (Å²) in [5.74, 6) is 1.17. The Labute approximate surface area is 96.4 Å². The van der Waals surface area contributed by atoms with E-state index >= 15 is 0 Å². The molecule has 0 aromatic carbocycles. The summed E-state index contributed by atoms with van der Waals surface area (Å²) in [4.78, 5) is 14.0. The lowest BCUT2D eigenvalue weighted by Crippen LogP contribution is -2.42. The lowest BCUT2D eigenvalue weighted by Gasteiger charge is -2.33. The van der Waals surface area contributed by atoms with Gasteiger partial charge in [0.05, 0.1) is 6.26 Å². The van der Waals surface area contributed by atoms with Gasteiger partial charge in [-0.05, 0) is 38.3 Å². The van der Waals surface area contributed by atoms with Gasteiger partial charge in [0.1, 0.15) is 5.76 Å². The minimum absolute atomic E-state index is 0.267. The molecule has 0 spiro atoms. The second-order valence-corrected chi connectivity index (χ2v) is 4.51. The Morgan fingerprint density at radius 3 is 3.12 bits per heavy atom. The van der Waals surface area contributed by atoms with Crippen LogP contribution in [0, 0.1) is 0 Å². The zero-order chi connectivity index (χ0) is 11.4. The van der Waals surface area contributed by atoms with Gasteiger partial charge < -0.3 is 9.32 Å². The van der Waals surface area contributed by atoms with Crippen LogP contribution in [0.2, 0.25) is 0 Å². The second-order valence-electron chi connectivity index (χ2n) is 4.51. The minimum Gasteiger partial charge on any atom is -0.469 e. The van der Waals surface area contributed by atoms with Gasteiger partial charge in [-0.2, -0.15) is 0 Å². The van der Waals surface area contributed by atoms with E-state index in [-0.39, 0.29) is 5.91 Å². The Morgan fingerprint density at radius 2 is 2.44 bits per heavy atom. The Morgan fingerprint density at radius 1 is 1.56 bits per heavy atom. The molecule has 0 aliphatic carbocycles. The van der Waals surface area contributed by atoms with E-state index in [0.717, 1.165) is 31.6 Å². The standard InChI is InChI=1S/C13H19NO2/c1-11-5-2-3-9-14(11)13(15)8-7-12-6-4-10-16-12/h4,6,10-11H,2-3,5,7-9H2,1H3. The summed E-state index contributed by atoms with van der Waals surface area (Å²) in [6.45, 7) is 3.07. The molecule has 0 radical (unpaired) electrons. The number of furan rings is 1. The van der Waals surface area contributed by atoms with Crippen molar-refractivity contribution in [2.45, 2.75) is 45.1 Å². The van der Waals surface area contributed by atoms with Crippen LogP contribution in [0.25, 0.3) is 0 Å². The highest BCUT2D eigenvalue weighted by molar-refractivity contribution is 5.76. The predicted molar refractivity (Wildman–Crippen MR) is 62.1 cm³/mol. The number of hydrogen-bond acceptors (Lipinski definition) is 2. The maximum Gasteiger partial charge on any atom is 0.223 e. The fraction of sp³-hybridized carbons (Fsp3) is 0.615. The third kappa shape index (κ3) is 2.65. The van der Waals surface area contributed by atoms with Gasteiger partial charge in [0.25, 0.3) is 0 Å². The molecule has 1 aliphatic rings. The number of aryl methyl sites for hydroxylation is 1. The van der Waals surface area contributed by atoms with E-state index < -0.39 is 0 Å². The number of hydrogen-bond donors (Lipinski definition) is 0. The number of nitrogens with zero attached hydrogens (tertiary/aromatic N) is 1. The molecule has 1 amide bonds. The molecule has 1 fully saturated rings. The van der Waals surface area contributed by atoms with Crippen LogP contribution in [0.5, 0.6) is 0 Å². The van der Waals surface area contributed by atoms with E-state index in [1.807, 2.05) is 17.0 Å². The molecule has 3 nitrogen and oxygen atoms in total. The van der Waals surface area contributed by atoms with Gasteiger partial charge in [-0.1, -0.05) is 0 Å². The summed E-state index contributed by atoms with van der Waals surface area (Å²) in [6.07, 6.45) is 6.49. The van der Waals surface area contributed by atoms with Gasteiger partial charge in [-0.25, -0.2) is 0 Å². The number of carbonyl (C=O) groups is 1. The molecule has 88 valence electrons. The molecule has 16 heavy (non-hydrogen) atoms. The third-order valence-electron chi connectivity index (χ3n) is 3.29. The molecule has 2 rings (SSSR count). The van der Waals surface area contributed by atoms with Crippen molar-refractivity contribution < 1.29 is 9.21 Å². The lowest BCUT2D eigenvalue weighted by molar-refractivity contribution is -0.134. The largest absolute Gasteiger partial charge is 0.469 e. The molecule has 1 aromatic heterocycles. The summed E-state index contributed by atoms with van der Waals surface area (Å²) in [5, 5.41) is 0. The van der Waals surface area contributed by atoms with Crippen LogP contribution in [-0.2, 0) is 11.2 Å². The molecule has 1 unspecified atom stereocenters. The van der Waals surface area contributed by atoms with E-state index in [2.05, 4.69) is 6.92 Å². The summed E-state index contributed by atoms with van der Waals surface area (Å²) in [5.41, 5.74) is 0. The van der Waals surface area contributed by atoms with Crippen molar-refractivity contribution in [3.63, 3.8) is 0 Å². The maximum atomic E-state index is 12.0. The number of carbonyl (C=O) groups excluding carboxylic acids is 1. The molecule has 1 saturated heterocycles. The van der Waals surface area contributed by atoms with Crippen LogP contribution < -0.4 is 0 Å². The second kappa shape index (κ2) is 5.19. The van der Waals surface area contributed by atoms with Crippen molar-refractivity contribution >= 4 is 5.91 Å². The zero-order valence-corrected chi connectivity index (χ0v) is 9.82. The van der Waals surface area contributed by atoms with Crippen molar-refractivity contribution in [1.29, 1.82) is 0 Å². The molecule has 3 heteroatoms. The van der Waals surface area contributed by atoms with E-state index in [1.165, 1.54) is 6.42 Å². The fourth-order valence-corrected chi connectivity index (χ4v) is 2.30. The summed E-state index contributed by atoms with van der Waals surface area (Å²) in [7, 11) is 0. The Bertz CT molecular complexity index is 332. The van der Waals surface area contributed by atoms with E-state index in [0.29, 0.717) is 12.5 Å². The predicted octanol–water partition coefficient (Wildman–Crippen LogP) is 2.61. The van der Waals surface area contributed by atoms with Crippen LogP contribution >= 0.6 is 0 Å². The first-order valence-corrected chi connectivity index (χ1v) is 6.09. The fourth-order valence-electron chi connectivity index (χ4n) is 2.30. The molecule has 2 heterocycles. The number of piperidine rings is 1. The maximum absolute atomic E-state index is 12.0. The zero-order valence-electron chi connectivity index (χ0n) is 9.82. The lowest BCUT2D eigenvalue weighted by atomic mass is 10.0. The number of rotatable bonds is 3. The number of likely N-dealkylation sites (tertiary alicyclic amines) is 1. The normalized spacial score (nSPS) is 21.1. The first-order valence-electron chi connectivity index (χ1n) is 6.09. The molecule has 1 aromatic rings. The van der Waals surface area contributed by atoms with Gasteiger partial charge in [0.2, 0.25) is 5.91 Å².